The van der Waals surface area contributed by atoms with Gasteiger partial charge in [0.2, 0.25) is 11.8 Å². The van der Waals surface area contributed by atoms with Gasteiger partial charge < -0.3 is 25.8 Å². The highest BCUT2D eigenvalue weighted by Crippen LogP contribution is 2.27. The number of fused-ring (bicyclic) bond motifs is 1. The Labute approximate surface area is 234 Å². The summed E-state index contributed by atoms with van der Waals surface area (Å²) in [5.74, 6) is 0.563. The fourth-order valence-electron chi connectivity index (χ4n) is 5.15. The maximum Gasteiger partial charge on any atom is 0.227 e. The van der Waals surface area contributed by atoms with Crippen LogP contribution < -0.4 is 16.0 Å². The molecule has 10 nitrogen and oxygen atoms in total. The van der Waals surface area contributed by atoms with Crippen LogP contribution in [0.1, 0.15) is 38.5 Å². The molecular formula is C30H36N8O2. The molecule has 0 spiro atoms. The molecule has 1 aromatic carbocycles. The second-order valence-corrected chi connectivity index (χ2v) is 10.7. The molecule has 10 heteroatoms. The second kappa shape index (κ2) is 12.7. The number of anilines is 3. The number of hydrogen-bond donors (Lipinski definition) is 4. The molecule has 1 aliphatic carbocycles. The van der Waals surface area contributed by atoms with Crippen molar-refractivity contribution in [3.05, 3.63) is 61.2 Å². The van der Waals surface area contributed by atoms with E-state index in [1.54, 1.807) is 6.20 Å². The van der Waals surface area contributed by atoms with E-state index >= 15 is 0 Å². The van der Waals surface area contributed by atoms with Crippen LogP contribution >= 0.6 is 0 Å². The first-order valence-corrected chi connectivity index (χ1v) is 13.8. The fraction of sp³-hybridized carbons (Fsp3) is 0.367. The number of carbonyl (C=O) groups is 2. The summed E-state index contributed by atoms with van der Waals surface area (Å²) in [5.41, 5.74) is 4.00. The summed E-state index contributed by atoms with van der Waals surface area (Å²) in [5, 5.41) is 10.5. The van der Waals surface area contributed by atoms with Crippen molar-refractivity contribution in [2.45, 2.75) is 44.6 Å². The molecule has 40 heavy (non-hydrogen) atoms. The number of pyridine rings is 1. The fourth-order valence-corrected chi connectivity index (χ4v) is 5.15. The Morgan fingerprint density at radius 2 is 1.93 bits per heavy atom. The maximum absolute atomic E-state index is 13.1. The van der Waals surface area contributed by atoms with Gasteiger partial charge in [0.15, 0.2) is 0 Å². The molecule has 208 valence electrons. The topological polar surface area (TPSA) is 128 Å². The number of nitrogens with zero attached hydrogens (tertiary/aromatic N) is 4. The number of carbonyl (C=O) groups excluding carboxylic acids is 2. The van der Waals surface area contributed by atoms with Gasteiger partial charge in [0, 0.05) is 59.2 Å². The molecule has 4 aromatic rings. The number of aromatic amines is 1. The summed E-state index contributed by atoms with van der Waals surface area (Å²) in [6, 6.07) is 13.5. The predicted molar refractivity (Wildman–Crippen MR) is 157 cm³/mol. The zero-order valence-electron chi connectivity index (χ0n) is 23.0. The van der Waals surface area contributed by atoms with Gasteiger partial charge in [-0.1, -0.05) is 12.5 Å². The smallest absolute Gasteiger partial charge is 0.227 e. The Hall–Kier alpha value is -4.31. The zero-order valence-corrected chi connectivity index (χ0v) is 23.0. The van der Waals surface area contributed by atoms with Crippen LogP contribution in [0, 0.1) is 5.92 Å². The lowest BCUT2D eigenvalue weighted by Gasteiger charge is -2.29. The number of nitrogens with one attached hydrogen (secondary N) is 4. The van der Waals surface area contributed by atoms with Crippen LogP contribution in [0.15, 0.2) is 61.2 Å². The Bertz CT molecular complexity index is 1470. The van der Waals surface area contributed by atoms with Gasteiger partial charge in [-0.25, -0.2) is 15.0 Å². The zero-order chi connectivity index (χ0) is 27.9. The van der Waals surface area contributed by atoms with E-state index in [1.165, 1.54) is 6.33 Å². The summed E-state index contributed by atoms with van der Waals surface area (Å²) < 4.78 is 0. The largest absolute Gasteiger partial charge is 0.353 e. The van der Waals surface area contributed by atoms with E-state index in [1.807, 2.05) is 62.8 Å². The van der Waals surface area contributed by atoms with E-state index in [9.17, 15) is 9.59 Å². The molecule has 2 amide bonds. The average Bonchev–Trinajstić information content (AvgIpc) is 3.41. The van der Waals surface area contributed by atoms with Crippen LogP contribution in [0.25, 0.3) is 22.3 Å². The van der Waals surface area contributed by atoms with E-state index in [-0.39, 0.29) is 23.8 Å². The van der Waals surface area contributed by atoms with E-state index < -0.39 is 0 Å². The van der Waals surface area contributed by atoms with E-state index in [2.05, 4.69) is 40.8 Å². The SMILES string of the molecule is CN(C)CCCC(=O)NC1CCCC(C(=O)Nc2cccc(Nc3cc(-c4cnc5[nH]ccc5c4)ncn3)c2)C1. The van der Waals surface area contributed by atoms with Crippen LogP contribution in [0.4, 0.5) is 17.2 Å². The predicted octanol–water partition coefficient (Wildman–Crippen LogP) is 4.72. The Balaban J connectivity index is 1.17. The molecule has 4 N–H and O–H groups in total. The Morgan fingerprint density at radius 3 is 2.80 bits per heavy atom. The van der Waals surface area contributed by atoms with Crippen molar-refractivity contribution in [2.75, 3.05) is 31.3 Å². The summed E-state index contributed by atoms with van der Waals surface area (Å²) in [4.78, 5) is 43.8. The van der Waals surface area contributed by atoms with Crippen molar-refractivity contribution in [1.29, 1.82) is 0 Å². The third-order valence-electron chi connectivity index (χ3n) is 7.18. The molecule has 0 bridgehead atoms. The van der Waals surface area contributed by atoms with Gasteiger partial charge in [-0.2, -0.15) is 0 Å². The van der Waals surface area contributed by atoms with Crippen LogP contribution in [0.5, 0.6) is 0 Å². The minimum Gasteiger partial charge on any atom is -0.353 e. The van der Waals surface area contributed by atoms with Crippen molar-refractivity contribution >= 4 is 40.0 Å². The van der Waals surface area contributed by atoms with Gasteiger partial charge in [0.05, 0.1) is 5.69 Å². The summed E-state index contributed by atoms with van der Waals surface area (Å²) in [7, 11) is 4.01. The quantitative estimate of drug-likeness (QED) is 0.229. The van der Waals surface area contributed by atoms with Crippen LogP contribution in [-0.2, 0) is 9.59 Å². The van der Waals surface area contributed by atoms with Gasteiger partial charge in [0.25, 0.3) is 0 Å². The van der Waals surface area contributed by atoms with Gasteiger partial charge in [-0.05, 0) is 76.7 Å². The first kappa shape index (κ1) is 27.3. The Morgan fingerprint density at radius 1 is 1.05 bits per heavy atom. The minimum absolute atomic E-state index is 0.0133. The Kier molecular flexibility index (Phi) is 8.65. The number of amides is 2. The molecule has 2 unspecified atom stereocenters. The number of aromatic nitrogens is 4. The maximum atomic E-state index is 13.1. The van der Waals surface area contributed by atoms with E-state index in [4.69, 9.17) is 0 Å². The molecule has 0 saturated heterocycles. The molecule has 0 aliphatic heterocycles. The first-order chi connectivity index (χ1) is 19.4. The van der Waals surface area contributed by atoms with Crippen molar-refractivity contribution in [2.24, 2.45) is 5.92 Å². The highest BCUT2D eigenvalue weighted by molar-refractivity contribution is 5.93. The highest BCUT2D eigenvalue weighted by Gasteiger charge is 2.28. The van der Waals surface area contributed by atoms with Gasteiger partial charge >= 0.3 is 0 Å². The van der Waals surface area contributed by atoms with Crippen molar-refractivity contribution < 1.29 is 9.59 Å². The van der Waals surface area contributed by atoms with Crippen molar-refractivity contribution in [3.63, 3.8) is 0 Å². The van der Waals surface area contributed by atoms with Gasteiger partial charge in [-0.15, -0.1) is 0 Å². The minimum atomic E-state index is -0.132. The molecule has 1 saturated carbocycles. The summed E-state index contributed by atoms with van der Waals surface area (Å²) in [6.07, 6.45) is 9.83. The number of hydrogen-bond acceptors (Lipinski definition) is 7. The molecule has 3 heterocycles. The van der Waals surface area contributed by atoms with Crippen LogP contribution in [-0.4, -0.2) is 63.3 Å². The van der Waals surface area contributed by atoms with Crippen molar-refractivity contribution in [3.8, 4) is 11.3 Å². The third kappa shape index (κ3) is 7.20. The monoisotopic (exact) mass is 540 g/mol. The number of rotatable bonds is 10. The number of benzene rings is 1. The summed E-state index contributed by atoms with van der Waals surface area (Å²) in [6.45, 7) is 0.886. The van der Waals surface area contributed by atoms with Crippen LogP contribution in [0.3, 0.4) is 0 Å². The molecule has 2 atom stereocenters. The second-order valence-electron chi connectivity index (χ2n) is 10.7. The van der Waals surface area contributed by atoms with Gasteiger partial charge in [0.1, 0.15) is 17.8 Å². The molecular weight excluding hydrogens is 504 g/mol. The highest BCUT2D eigenvalue weighted by atomic mass is 16.2. The number of H-pyrrole nitrogens is 1. The van der Waals surface area contributed by atoms with E-state index in [0.29, 0.717) is 24.3 Å². The molecule has 1 aliphatic rings. The lowest BCUT2D eigenvalue weighted by molar-refractivity contribution is -0.124. The lowest BCUT2D eigenvalue weighted by Crippen LogP contribution is -2.41. The standard InChI is InChI=1S/C30H36N8O2/c1-38(2)13-5-10-28(39)36-23-7-3-6-21(15-23)30(40)37-25-9-4-8-24(16-25)35-27-17-26(33-19-34-27)22-14-20-11-12-31-29(20)32-18-22/h4,8-9,11-12,14,16-19,21,23H,3,5-7,10,13,15H2,1-2H3,(H,31,32)(H,36,39)(H,37,40)(H,33,34,35). The third-order valence-corrected chi connectivity index (χ3v) is 7.18. The average molecular weight is 541 g/mol. The van der Waals surface area contributed by atoms with E-state index in [0.717, 1.165) is 60.2 Å². The van der Waals surface area contributed by atoms with Crippen LogP contribution in [0.2, 0.25) is 0 Å². The molecule has 3 aromatic heterocycles. The van der Waals surface area contributed by atoms with Crippen molar-refractivity contribution in [1.82, 2.24) is 30.2 Å². The molecule has 1 fully saturated rings. The molecule has 0 radical (unpaired) electrons. The summed E-state index contributed by atoms with van der Waals surface area (Å²) >= 11 is 0. The van der Waals surface area contributed by atoms with Gasteiger partial charge in [-0.3, -0.25) is 9.59 Å². The normalized spacial score (nSPS) is 17.1. The first-order valence-electron chi connectivity index (χ1n) is 13.8. The molecule has 5 rings (SSSR count). The lowest BCUT2D eigenvalue weighted by atomic mass is 9.85.